The molecule has 43 heavy (non-hydrogen) atoms. The van der Waals surface area contributed by atoms with Crippen LogP contribution in [0.5, 0.6) is 0 Å². The number of nitroso groups, excluding NO2 is 1. The molecular formula is C31H28N4O6S2. The predicted octanol–water partition coefficient (Wildman–Crippen LogP) is 6.02. The molecule has 0 spiro atoms. The van der Waals surface area contributed by atoms with Gasteiger partial charge in [-0.3, -0.25) is 24.8 Å². The van der Waals surface area contributed by atoms with E-state index in [1.54, 1.807) is 0 Å². The van der Waals surface area contributed by atoms with Crippen molar-refractivity contribution in [1.82, 2.24) is 10.5 Å². The van der Waals surface area contributed by atoms with Gasteiger partial charge in [0.05, 0.1) is 35.5 Å². The lowest BCUT2D eigenvalue weighted by atomic mass is 9.92. The van der Waals surface area contributed by atoms with E-state index in [2.05, 4.69) is 29.5 Å². The zero-order valence-electron chi connectivity index (χ0n) is 23.8. The number of nitrogens with zero attached hydrogens (tertiary/aromatic N) is 3. The average molecular weight is 617 g/mol. The van der Waals surface area contributed by atoms with Crippen LogP contribution >= 0.6 is 11.3 Å². The Labute approximate surface area is 252 Å². The van der Waals surface area contributed by atoms with E-state index in [1.165, 1.54) is 36.3 Å². The molecule has 1 unspecified atom stereocenters. The second-order valence-corrected chi connectivity index (χ2v) is 13.4. The van der Waals surface area contributed by atoms with Crippen molar-refractivity contribution in [2.24, 2.45) is 5.18 Å². The summed E-state index contributed by atoms with van der Waals surface area (Å²) in [5, 5.41) is 2.84. The summed E-state index contributed by atoms with van der Waals surface area (Å²) in [4.78, 5) is 49.0. The van der Waals surface area contributed by atoms with Crippen LogP contribution in [0.15, 0.2) is 98.8 Å². The van der Waals surface area contributed by atoms with Gasteiger partial charge in [-0.2, -0.15) is 0 Å². The van der Waals surface area contributed by atoms with Crippen LogP contribution in [-0.4, -0.2) is 32.2 Å². The van der Waals surface area contributed by atoms with Crippen LogP contribution in [0.2, 0.25) is 0 Å². The van der Waals surface area contributed by atoms with Gasteiger partial charge in [-0.1, -0.05) is 79.3 Å². The number of aromatic nitrogens is 1. The van der Waals surface area contributed by atoms with Crippen molar-refractivity contribution < 1.29 is 22.8 Å². The third kappa shape index (κ3) is 5.64. The number of sulfone groups is 1. The molecular weight excluding hydrogens is 588 g/mol. The largest absolute Gasteiger partial charge is 0.301 e. The number of nitrogens with one attached hydrogen (secondary N) is 1. The zero-order valence-corrected chi connectivity index (χ0v) is 25.4. The molecule has 5 rings (SSSR count). The molecule has 1 aliphatic heterocycles. The van der Waals surface area contributed by atoms with Gasteiger partial charge in [0.2, 0.25) is 9.84 Å². The second kappa shape index (κ2) is 12.0. The van der Waals surface area contributed by atoms with E-state index in [0.717, 1.165) is 28.7 Å². The summed E-state index contributed by atoms with van der Waals surface area (Å²) < 4.78 is 26.6. The Bertz CT molecular complexity index is 1830. The Morgan fingerprint density at radius 3 is 2.23 bits per heavy atom. The number of Topliss-reactive ketones (excluding diaryl/α,β-unsaturated/α-hetero) is 1. The van der Waals surface area contributed by atoms with Gasteiger partial charge in [-0.25, -0.2) is 13.4 Å². The number of benzene rings is 3. The summed E-state index contributed by atoms with van der Waals surface area (Å²) in [5.41, 5.74) is 6.70. The van der Waals surface area contributed by atoms with Gasteiger partial charge in [0.15, 0.2) is 5.13 Å². The van der Waals surface area contributed by atoms with Gasteiger partial charge < -0.3 is 0 Å². The molecule has 1 aliphatic rings. The van der Waals surface area contributed by atoms with Gasteiger partial charge in [0, 0.05) is 5.56 Å². The number of thiazole rings is 1. The molecule has 1 fully saturated rings. The van der Waals surface area contributed by atoms with Crippen molar-refractivity contribution in [3.8, 4) is 0 Å². The molecule has 10 nitrogen and oxygen atoms in total. The van der Waals surface area contributed by atoms with E-state index in [9.17, 15) is 22.9 Å². The zero-order chi connectivity index (χ0) is 30.9. The maximum absolute atomic E-state index is 13.8. The topological polar surface area (TPSA) is 135 Å². The quantitative estimate of drug-likeness (QED) is 0.104. The molecule has 0 saturated carbocycles. The smallest absolute Gasteiger partial charge is 0.283 e. The Hall–Kier alpha value is -4.52. The van der Waals surface area contributed by atoms with E-state index in [0.29, 0.717) is 16.8 Å². The summed E-state index contributed by atoms with van der Waals surface area (Å²) >= 11 is 0.773. The van der Waals surface area contributed by atoms with Crippen molar-refractivity contribution in [1.29, 1.82) is 0 Å². The van der Waals surface area contributed by atoms with Crippen LogP contribution in [0.3, 0.4) is 0 Å². The molecule has 2 heterocycles. The fourth-order valence-corrected chi connectivity index (χ4v) is 7.35. The first-order valence-corrected chi connectivity index (χ1v) is 15.6. The van der Waals surface area contributed by atoms with Crippen molar-refractivity contribution in [2.75, 3.05) is 12.0 Å². The maximum Gasteiger partial charge on any atom is 0.301 e. The first kappa shape index (κ1) is 30.0. The van der Waals surface area contributed by atoms with E-state index in [1.807, 2.05) is 55.5 Å². The van der Waals surface area contributed by atoms with Crippen molar-refractivity contribution in [3.63, 3.8) is 0 Å². The van der Waals surface area contributed by atoms with Gasteiger partial charge in [-0.15, -0.1) is 4.91 Å². The van der Waals surface area contributed by atoms with Gasteiger partial charge in [0.1, 0.15) is 9.90 Å². The third-order valence-corrected chi connectivity index (χ3v) is 10.3. The minimum Gasteiger partial charge on any atom is -0.283 e. The molecule has 1 atom stereocenters. The SMILES string of the molecule is CONC(=C1C(=O)C(=O)N(c2ncc(S(=O)(=O)c3ccc(N=O)cc3)s2)C1c1ccc(C(C)C)cc1)c1ccc(C)cc1. The molecule has 3 aromatic carbocycles. The number of hydrogen-bond donors (Lipinski definition) is 1. The molecule has 12 heteroatoms. The van der Waals surface area contributed by atoms with Crippen molar-refractivity contribution in [2.45, 2.75) is 41.8 Å². The third-order valence-electron chi connectivity index (χ3n) is 7.12. The summed E-state index contributed by atoms with van der Waals surface area (Å²) in [5.74, 6) is -1.36. The fraction of sp³-hybridized carbons (Fsp3) is 0.194. The number of hydrogen-bond acceptors (Lipinski definition) is 10. The van der Waals surface area contributed by atoms with Crippen LogP contribution in [0.25, 0.3) is 5.70 Å². The lowest BCUT2D eigenvalue weighted by Crippen LogP contribution is -2.29. The number of anilines is 1. The molecule has 0 bridgehead atoms. The normalized spacial score (nSPS) is 16.6. The first-order chi connectivity index (χ1) is 20.6. The minimum atomic E-state index is -4.04. The van der Waals surface area contributed by atoms with E-state index < -0.39 is 27.6 Å². The van der Waals surface area contributed by atoms with Crippen LogP contribution in [0, 0.1) is 11.8 Å². The summed E-state index contributed by atoms with van der Waals surface area (Å²) in [6.07, 6.45) is 1.16. The highest BCUT2D eigenvalue weighted by atomic mass is 32.2. The Balaban J connectivity index is 1.67. The molecule has 1 N–H and O–H groups in total. The Morgan fingerprint density at radius 2 is 1.65 bits per heavy atom. The Morgan fingerprint density at radius 1 is 1.00 bits per heavy atom. The summed E-state index contributed by atoms with van der Waals surface area (Å²) in [7, 11) is -2.63. The Kier molecular flexibility index (Phi) is 8.36. The first-order valence-electron chi connectivity index (χ1n) is 13.3. The standard InChI is InChI=1S/C31H28N4O6S2/c1-18(2)20-9-11-22(12-10-20)28-26(27(34-41-4)21-7-5-19(3)6-8-21)29(36)30(37)35(28)31-32-17-25(42-31)43(39,40)24-15-13-23(33-38)14-16-24/h5-18,28,34H,1-4H3. The molecule has 1 saturated heterocycles. The number of aryl methyl sites for hydroxylation is 1. The molecule has 1 amide bonds. The van der Waals surface area contributed by atoms with Gasteiger partial charge in [-0.05, 0) is 53.4 Å². The highest BCUT2D eigenvalue weighted by Crippen LogP contribution is 2.44. The molecule has 220 valence electrons. The highest BCUT2D eigenvalue weighted by molar-refractivity contribution is 7.93. The van der Waals surface area contributed by atoms with Crippen molar-refractivity contribution in [3.05, 3.63) is 112 Å². The molecule has 1 aromatic heterocycles. The number of carbonyl (C=O) groups is 2. The summed E-state index contributed by atoms with van der Waals surface area (Å²) in [6, 6.07) is 19.2. The van der Waals surface area contributed by atoms with Gasteiger partial charge >= 0.3 is 5.91 Å². The van der Waals surface area contributed by atoms with Crippen LogP contribution < -0.4 is 10.4 Å². The number of ketones is 1. The number of amides is 1. The second-order valence-electron chi connectivity index (χ2n) is 10.2. The van der Waals surface area contributed by atoms with E-state index in [-0.39, 0.29) is 31.4 Å². The van der Waals surface area contributed by atoms with E-state index >= 15 is 0 Å². The molecule has 0 radical (unpaired) electrons. The average Bonchev–Trinajstić information content (AvgIpc) is 3.60. The van der Waals surface area contributed by atoms with Crippen molar-refractivity contribution >= 4 is 49.4 Å². The summed E-state index contributed by atoms with van der Waals surface area (Å²) in [6.45, 7) is 6.06. The molecule has 4 aromatic rings. The van der Waals surface area contributed by atoms with E-state index in [4.69, 9.17) is 4.84 Å². The molecule has 0 aliphatic carbocycles. The lowest BCUT2D eigenvalue weighted by Gasteiger charge is -2.24. The number of hydroxylamine groups is 1. The number of rotatable bonds is 9. The van der Waals surface area contributed by atoms with Crippen LogP contribution in [0.4, 0.5) is 10.8 Å². The van der Waals surface area contributed by atoms with Crippen LogP contribution in [0.1, 0.15) is 48.1 Å². The predicted molar refractivity (Wildman–Crippen MR) is 163 cm³/mol. The fourth-order valence-electron chi connectivity index (χ4n) is 4.80. The van der Waals surface area contributed by atoms with Crippen LogP contribution in [-0.2, 0) is 24.3 Å². The monoisotopic (exact) mass is 616 g/mol. The number of carbonyl (C=O) groups excluding carboxylic acids is 2. The lowest BCUT2D eigenvalue weighted by molar-refractivity contribution is -0.132. The minimum absolute atomic E-state index is 0.0386. The van der Waals surface area contributed by atoms with Gasteiger partial charge in [0.25, 0.3) is 5.78 Å². The highest BCUT2D eigenvalue weighted by Gasteiger charge is 2.48. The maximum atomic E-state index is 13.8.